The summed E-state index contributed by atoms with van der Waals surface area (Å²) in [6, 6.07) is 5.16. The Morgan fingerprint density at radius 3 is 2.92 bits per heavy atom. The van der Waals surface area contributed by atoms with Gasteiger partial charge in [-0.15, -0.1) is 0 Å². The van der Waals surface area contributed by atoms with Gasteiger partial charge in [0.05, 0.1) is 10.7 Å². The van der Waals surface area contributed by atoms with E-state index in [1.807, 2.05) is 0 Å². The number of nitrogens with two attached hydrogens (primary N) is 1. The van der Waals surface area contributed by atoms with Crippen LogP contribution < -0.4 is 10.5 Å². The standard InChI is InChI=1S/C9H10ClNO/c1-2-5-12-7-3-4-9(11)8(10)6-7/h2-4,6H,1,5,11H2. The third-order valence-corrected chi connectivity index (χ3v) is 1.67. The van der Waals surface area contributed by atoms with Gasteiger partial charge in [0.1, 0.15) is 12.4 Å². The van der Waals surface area contributed by atoms with Crippen molar-refractivity contribution in [1.82, 2.24) is 0 Å². The number of hydrogen-bond acceptors (Lipinski definition) is 2. The maximum atomic E-state index is 5.76. The molecule has 12 heavy (non-hydrogen) atoms. The van der Waals surface area contributed by atoms with Crippen molar-refractivity contribution < 1.29 is 4.74 Å². The lowest BCUT2D eigenvalue weighted by Gasteiger charge is -2.04. The molecule has 1 aromatic carbocycles. The number of rotatable bonds is 3. The molecule has 0 aliphatic heterocycles. The maximum Gasteiger partial charge on any atom is 0.121 e. The molecule has 3 heteroatoms. The van der Waals surface area contributed by atoms with Gasteiger partial charge in [0.25, 0.3) is 0 Å². The molecule has 0 spiro atoms. The van der Waals surface area contributed by atoms with Gasteiger partial charge in [-0.2, -0.15) is 0 Å². The molecule has 0 aliphatic carbocycles. The molecule has 0 fully saturated rings. The Balaban J connectivity index is 2.75. The minimum Gasteiger partial charge on any atom is -0.489 e. The van der Waals surface area contributed by atoms with E-state index in [-0.39, 0.29) is 0 Å². The highest BCUT2D eigenvalue weighted by Crippen LogP contribution is 2.23. The molecule has 0 amide bonds. The van der Waals surface area contributed by atoms with Crippen LogP contribution in [0.1, 0.15) is 0 Å². The van der Waals surface area contributed by atoms with E-state index in [2.05, 4.69) is 6.58 Å². The fraction of sp³-hybridized carbons (Fsp3) is 0.111. The Bertz CT molecular complexity index is 286. The van der Waals surface area contributed by atoms with Crippen LogP contribution in [0.4, 0.5) is 5.69 Å². The van der Waals surface area contributed by atoms with Gasteiger partial charge in [-0.3, -0.25) is 0 Å². The molecule has 0 aromatic heterocycles. The van der Waals surface area contributed by atoms with Gasteiger partial charge in [-0.25, -0.2) is 0 Å². The van der Waals surface area contributed by atoms with Gasteiger partial charge in [0.15, 0.2) is 0 Å². The Kier molecular flexibility index (Phi) is 3.00. The highest BCUT2D eigenvalue weighted by molar-refractivity contribution is 6.33. The number of hydrogen-bond donors (Lipinski definition) is 1. The topological polar surface area (TPSA) is 35.2 Å². The molecule has 0 aliphatic rings. The van der Waals surface area contributed by atoms with E-state index >= 15 is 0 Å². The zero-order chi connectivity index (χ0) is 8.97. The van der Waals surface area contributed by atoms with Crippen LogP contribution in [0.15, 0.2) is 30.9 Å². The lowest BCUT2D eigenvalue weighted by atomic mass is 10.3. The Morgan fingerprint density at radius 2 is 2.33 bits per heavy atom. The Labute approximate surface area is 76.6 Å². The van der Waals surface area contributed by atoms with Crippen LogP contribution in [0.2, 0.25) is 5.02 Å². The Hall–Kier alpha value is -1.15. The lowest BCUT2D eigenvalue weighted by Crippen LogP contribution is -1.93. The summed E-state index contributed by atoms with van der Waals surface area (Å²) in [5.41, 5.74) is 6.07. The van der Waals surface area contributed by atoms with E-state index < -0.39 is 0 Å². The number of anilines is 1. The van der Waals surface area contributed by atoms with Gasteiger partial charge in [-0.05, 0) is 12.1 Å². The van der Waals surface area contributed by atoms with Crippen molar-refractivity contribution >= 4 is 17.3 Å². The van der Waals surface area contributed by atoms with Crippen LogP contribution in [-0.4, -0.2) is 6.61 Å². The first-order valence-electron chi connectivity index (χ1n) is 3.52. The largest absolute Gasteiger partial charge is 0.489 e. The highest BCUT2D eigenvalue weighted by atomic mass is 35.5. The molecular formula is C9H10ClNO. The van der Waals surface area contributed by atoms with Crippen molar-refractivity contribution in [2.75, 3.05) is 12.3 Å². The second-order valence-electron chi connectivity index (χ2n) is 2.28. The van der Waals surface area contributed by atoms with E-state index in [0.717, 1.165) is 0 Å². The summed E-state index contributed by atoms with van der Waals surface area (Å²) in [6.45, 7) is 4.01. The molecule has 0 saturated carbocycles. The van der Waals surface area contributed by atoms with Crippen molar-refractivity contribution in [3.63, 3.8) is 0 Å². The number of nitrogen functional groups attached to an aromatic ring is 1. The number of halogens is 1. The van der Waals surface area contributed by atoms with Crippen LogP contribution in [0, 0.1) is 0 Å². The average Bonchev–Trinajstić information content (AvgIpc) is 2.07. The normalized spacial score (nSPS) is 9.42. The first kappa shape index (κ1) is 8.94. The molecule has 0 radical (unpaired) electrons. The van der Waals surface area contributed by atoms with Crippen molar-refractivity contribution in [2.24, 2.45) is 0 Å². The molecule has 0 atom stereocenters. The zero-order valence-corrected chi connectivity index (χ0v) is 7.34. The van der Waals surface area contributed by atoms with Gasteiger partial charge in [0, 0.05) is 6.07 Å². The van der Waals surface area contributed by atoms with E-state index in [0.29, 0.717) is 23.1 Å². The van der Waals surface area contributed by atoms with Gasteiger partial charge in [0.2, 0.25) is 0 Å². The predicted molar refractivity (Wildman–Crippen MR) is 51.6 cm³/mol. The van der Waals surface area contributed by atoms with Crippen LogP contribution >= 0.6 is 11.6 Å². The minimum absolute atomic E-state index is 0.472. The second kappa shape index (κ2) is 4.02. The van der Waals surface area contributed by atoms with Crippen LogP contribution in [0.3, 0.4) is 0 Å². The molecule has 0 unspecified atom stereocenters. The second-order valence-corrected chi connectivity index (χ2v) is 2.69. The summed E-state index contributed by atoms with van der Waals surface area (Å²) in [5.74, 6) is 0.703. The molecule has 2 N–H and O–H groups in total. The minimum atomic E-state index is 0.472. The maximum absolute atomic E-state index is 5.76. The van der Waals surface area contributed by atoms with E-state index in [1.54, 1.807) is 24.3 Å². The molecular weight excluding hydrogens is 174 g/mol. The summed E-state index contributed by atoms with van der Waals surface area (Å²) < 4.78 is 5.23. The summed E-state index contributed by atoms with van der Waals surface area (Å²) >= 11 is 5.76. The molecule has 64 valence electrons. The summed E-state index contributed by atoms with van der Waals surface area (Å²) in [6.07, 6.45) is 1.67. The third kappa shape index (κ3) is 2.17. The van der Waals surface area contributed by atoms with E-state index in [1.165, 1.54) is 0 Å². The van der Waals surface area contributed by atoms with E-state index in [9.17, 15) is 0 Å². The monoisotopic (exact) mass is 183 g/mol. The molecule has 1 aromatic rings. The first-order valence-corrected chi connectivity index (χ1v) is 3.90. The average molecular weight is 184 g/mol. The van der Waals surface area contributed by atoms with Gasteiger partial charge >= 0.3 is 0 Å². The fourth-order valence-corrected chi connectivity index (χ4v) is 0.923. The SMILES string of the molecule is C=CCOc1ccc(N)c(Cl)c1. The third-order valence-electron chi connectivity index (χ3n) is 1.34. The van der Waals surface area contributed by atoms with Crippen LogP contribution in [0.5, 0.6) is 5.75 Å². The first-order chi connectivity index (χ1) is 5.74. The summed E-state index contributed by atoms with van der Waals surface area (Å²) in [4.78, 5) is 0. The van der Waals surface area contributed by atoms with Crippen molar-refractivity contribution in [3.8, 4) is 5.75 Å². The van der Waals surface area contributed by atoms with E-state index in [4.69, 9.17) is 22.1 Å². The lowest BCUT2D eigenvalue weighted by molar-refractivity contribution is 0.363. The highest BCUT2D eigenvalue weighted by Gasteiger charge is 1.97. The predicted octanol–water partition coefficient (Wildman–Crippen LogP) is 2.49. The molecule has 2 nitrogen and oxygen atoms in total. The summed E-state index contributed by atoms with van der Waals surface area (Å²) in [7, 11) is 0. The van der Waals surface area contributed by atoms with Crippen LogP contribution in [0.25, 0.3) is 0 Å². The van der Waals surface area contributed by atoms with Crippen LogP contribution in [-0.2, 0) is 0 Å². The molecule has 0 bridgehead atoms. The number of benzene rings is 1. The zero-order valence-electron chi connectivity index (χ0n) is 6.59. The van der Waals surface area contributed by atoms with Gasteiger partial charge in [-0.1, -0.05) is 24.3 Å². The smallest absolute Gasteiger partial charge is 0.121 e. The Morgan fingerprint density at radius 1 is 1.58 bits per heavy atom. The molecule has 0 heterocycles. The number of ether oxygens (including phenoxy) is 1. The molecule has 1 rings (SSSR count). The fourth-order valence-electron chi connectivity index (χ4n) is 0.753. The molecule has 0 saturated heterocycles. The van der Waals surface area contributed by atoms with Crippen molar-refractivity contribution in [1.29, 1.82) is 0 Å². The quantitative estimate of drug-likeness (QED) is 0.577. The summed E-state index contributed by atoms with van der Waals surface area (Å²) in [5, 5.41) is 0.511. The van der Waals surface area contributed by atoms with Crippen molar-refractivity contribution in [2.45, 2.75) is 0 Å². The van der Waals surface area contributed by atoms with Gasteiger partial charge < -0.3 is 10.5 Å². The van der Waals surface area contributed by atoms with Crippen molar-refractivity contribution in [3.05, 3.63) is 35.9 Å².